The van der Waals surface area contributed by atoms with Crippen LogP contribution in [0.4, 0.5) is 11.4 Å². The third-order valence-electron chi connectivity index (χ3n) is 2.55. The maximum absolute atomic E-state index is 5.76. The van der Waals surface area contributed by atoms with Crippen molar-refractivity contribution in [2.75, 3.05) is 22.6 Å². The summed E-state index contributed by atoms with van der Waals surface area (Å²) in [4.78, 5) is 0. The highest BCUT2D eigenvalue weighted by Gasteiger charge is 2.15. The molecule has 0 radical (unpaired) electrons. The van der Waals surface area contributed by atoms with E-state index in [1.54, 1.807) is 0 Å². The van der Waals surface area contributed by atoms with E-state index < -0.39 is 0 Å². The largest absolute Gasteiger partial charge is 0.399 e. The van der Waals surface area contributed by atoms with E-state index in [2.05, 4.69) is 18.3 Å². The molecule has 0 bridgehead atoms. The fourth-order valence-electron chi connectivity index (χ4n) is 1.66. The Bertz CT molecular complexity index is 319. The molecule has 14 heavy (non-hydrogen) atoms. The standard InChI is InChI=1S/C11H16N2S/c1-8-2-3-9(12)6-11(8)13-10-4-5-14-7-10/h2-3,6,10,13H,4-5,7,12H2,1H3. The molecule has 0 aliphatic carbocycles. The lowest BCUT2D eigenvalue weighted by atomic mass is 10.1. The first-order valence-electron chi connectivity index (χ1n) is 4.96. The van der Waals surface area contributed by atoms with Gasteiger partial charge < -0.3 is 11.1 Å². The summed E-state index contributed by atoms with van der Waals surface area (Å²) in [6.07, 6.45) is 1.26. The first kappa shape index (κ1) is 9.71. The Morgan fingerprint density at radius 3 is 3.07 bits per heavy atom. The van der Waals surface area contributed by atoms with Crippen molar-refractivity contribution < 1.29 is 0 Å². The smallest absolute Gasteiger partial charge is 0.0392 e. The van der Waals surface area contributed by atoms with Crippen LogP contribution in [0.2, 0.25) is 0 Å². The molecule has 0 spiro atoms. The van der Waals surface area contributed by atoms with E-state index in [4.69, 9.17) is 5.73 Å². The molecule has 2 rings (SSSR count). The van der Waals surface area contributed by atoms with Gasteiger partial charge in [-0.25, -0.2) is 0 Å². The average molecular weight is 208 g/mol. The second-order valence-corrected chi connectivity index (χ2v) is 4.93. The summed E-state index contributed by atoms with van der Waals surface area (Å²) >= 11 is 2.02. The zero-order valence-corrected chi connectivity index (χ0v) is 9.23. The Morgan fingerprint density at radius 1 is 1.50 bits per heavy atom. The highest BCUT2D eigenvalue weighted by Crippen LogP contribution is 2.24. The van der Waals surface area contributed by atoms with Gasteiger partial charge in [0.2, 0.25) is 0 Å². The number of nitrogens with two attached hydrogens (primary N) is 1. The van der Waals surface area contributed by atoms with Gasteiger partial charge in [0.05, 0.1) is 0 Å². The number of benzene rings is 1. The van der Waals surface area contributed by atoms with Crippen molar-refractivity contribution in [3.63, 3.8) is 0 Å². The van der Waals surface area contributed by atoms with Gasteiger partial charge in [-0.2, -0.15) is 11.8 Å². The van der Waals surface area contributed by atoms with E-state index in [1.807, 2.05) is 23.9 Å². The van der Waals surface area contributed by atoms with Crippen molar-refractivity contribution in [2.45, 2.75) is 19.4 Å². The molecule has 1 fully saturated rings. The molecule has 0 aromatic heterocycles. The van der Waals surface area contributed by atoms with Crippen molar-refractivity contribution in [1.29, 1.82) is 0 Å². The highest BCUT2D eigenvalue weighted by atomic mass is 32.2. The van der Waals surface area contributed by atoms with Gasteiger partial charge in [-0.3, -0.25) is 0 Å². The lowest BCUT2D eigenvalue weighted by Gasteiger charge is -2.15. The Morgan fingerprint density at radius 2 is 2.36 bits per heavy atom. The summed E-state index contributed by atoms with van der Waals surface area (Å²) in [7, 11) is 0. The SMILES string of the molecule is Cc1ccc(N)cc1NC1CCSC1. The first-order chi connectivity index (χ1) is 6.75. The molecule has 1 saturated heterocycles. The van der Waals surface area contributed by atoms with E-state index in [9.17, 15) is 0 Å². The maximum Gasteiger partial charge on any atom is 0.0392 e. The zero-order chi connectivity index (χ0) is 9.97. The molecule has 1 heterocycles. The van der Waals surface area contributed by atoms with Crippen LogP contribution >= 0.6 is 11.8 Å². The number of hydrogen-bond donors (Lipinski definition) is 2. The van der Waals surface area contributed by atoms with Crippen LogP contribution in [-0.4, -0.2) is 17.5 Å². The quantitative estimate of drug-likeness (QED) is 0.733. The number of anilines is 2. The van der Waals surface area contributed by atoms with Gasteiger partial charge in [-0.1, -0.05) is 6.07 Å². The molecule has 1 atom stereocenters. The fourth-order valence-corrected chi connectivity index (χ4v) is 2.82. The summed E-state index contributed by atoms with van der Waals surface area (Å²) in [5, 5.41) is 3.55. The maximum atomic E-state index is 5.76. The minimum atomic E-state index is 0.625. The Labute approximate surface area is 89.3 Å². The average Bonchev–Trinajstić information content (AvgIpc) is 2.64. The molecule has 3 heteroatoms. The van der Waals surface area contributed by atoms with Crippen LogP contribution in [0.15, 0.2) is 18.2 Å². The molecular formula is C11H16N2S. The second kappa shape index (κ2) is 4.13. The molecule has 0 amide bonds. The summed E-state index contributed by atoms with van der Waals surface area (Å²) < 4.78 is 0. The van der Waals surface area contributed by atoms with Crippen LogP contribution < -0.4 is 11.1 Å². The Hall–Kier alpha value is -0.830. The lowest BCUT2D eigenvalue weighted by Crippen LogP contribution is -2.18. The van der Waals surface area contributed by atoms with E-state index in [0.717, 1.165) is 5.69 Å². The van der Waals surface area contributed by atoms with Gasteiger partial charge in [0.1, 0.15) is 0 Å². The Kier molecular flexibility index (Phi) is 2.87. The lowest BCUT2D eigenvalue weighted by molar-refractivity contribution is 0.812. The van der Waals surface area contributed by atoms with Crippen molar-refractivity contribution in [3.05, 3.63) is 23.8 Å². The van der Waals surface area contributed by atoms with Crippen LogP contribution in [-0.2, 0) is 0 Å². The molecule has 76 valence electrons. The number of nitrogens with one attached hydrogen (secondary N) is 1. The van der Waals surface area contributed by atoms with E-state index in [0.29, 0.717) is 6.04 Å². The van der Waals surface area contributed by atoms with Gasteiger partial charge in [-0.05, 0) is 36.8 Å². The number of aryl methyl sites for hydroxylation is 1. The van der Waals surface area contributed by atoms with Gasteiger partial charge in [0.25, 0.3) is 0 Å². The molecule has 3 N–H and O–H groups in total. The van der Waals surface area contributed by atoms with Gasteiger partial charge in [0.15, 0.2) is 0 Å². The molecule has 1 aliphatic rings. The van der Waals surface area contributed by atoms with E-state index in [-0.39, 0.29) is 0 Å². The van der Waals surface area contributed by atoms with E-state index in [1.165, 1.54) is 29.2 Å². The van der Waals surface area contributed by atoms with Crippen LogP contribution in [0.1, 0.15) is 12.0 Å². The fraction of sp³-hybridized carbons (Fsp3) is 0.455. The first-order valence-corrected chi connectivity index (χ1v) is 6.11. The summed E-state index contributed by atoms with van der Waals surface area (Å²) in [6.45, 7) is 2.11. The number of hydrogen-bond acceptors (Lipinski definition) is 3. The van der Waals surface area contributed by atoms with Crippen LogP contribution in [0.3, 0.4) is 0 Å². The molecule has 1 unspecified atom stereocenters. The number of nitrogen functional groups attached to an aromatic ring is 1. The van der Waals surface area contributed by atoms with Gasteiger partial charge in [-0.15, -0.1) is 0 Å². The van der Waals surface area contributed by atoms with Crippen molar-refractivity contribution in [2.24, 2.45) is 0 Å². The molecule has 1 aliphatic heterocycles. The second-order valence-electron chi connectivity index (χ2n) is 3.78. The third-order valence-corrected chi connectivity index (χ3v) is 3.71. The number of rotatable bonds is 2. The zero-order valence-electron chi connectivity index (χ0n) is 8.42. The van der Waals surface area contributed by atoms with Crippen LogP contribution in [0.25, 0.3) is 0 Å². The topological polar surface area (TPSA) is 38.0 Å². The number of thioether (sulfide) groups is 1. The molecule has 0 saturated carbocycles. The summed E-state index contributed by atoms with van der Waals surface area (Å²) in [5.41, 5.74) is 9.06. The predicted octanol–water partition coefficient (Wildman–Crippen LogP) is 2.49. The third kappa shape index (κ3) is 2.15. The minimum absolute atomic E-state index is 0.625. The molecule has 2 nitrogen and oxygen atoms in total. The molecular weight excluding hydrogens is 192 g/mol. The van der Waals surface area contributed by atoms with Crippen molar-refractivity contribution in [3.8, 4) is 0 Å². The highest BCUT2D eigenvalue weighted by molar-refractivity contribution is 7.99. The normalized spacial score (nSPS) is 21.1. The van der Waals surface area contributed by atoms with Crippen LogP contribution in [0, 0.1) is 6.92 Å². The van der Waals surface area contributed by atoms with Gasteiger partial charge >= 0.3 is 0 Å². The van der Waals surface area contributed by atoms with Gasteiger partial charge in [0, 0.05) is 23.2 Å². The molecule has 1 aromatic carbocycles. The van der Waals surface area contributed by atoms with Crippen molar-refractivity contribution >= 4 is 23.1 Å². The van der Waals surface area contributed by atoms with Crippen LogP contribution in [0.5, 0.6) is 0 Å². The van der Waals surface area contributed by atoms with E-state index >= 15 is 0 Å². The molecule has 1 aromatic rings. The summed E-state index contributed by atoms with van der Waals surface area (Å²) in [5.74, 6) is 2.49. The Balaban J connectivity index is 2.10. The summed E-state index contributed by atoms with van der Waals surface area (Å²) in [6, 6.07) is 6.67. The monoisotopic (exact) mass is 208 g/mol. The minimum Gasteiger partial charge on any atom is -0.399 e. The van der Waals surface area contributed by atoms with Crippen molar-refractivity contribution in [1.82, 2.24) is 0 Å². The predicted molar refractivity (Wildman–Crippen MR) is 64.9 cm³/mol.